The topological polar surface area (TPSA) is 50.3 Å². The van der Waals surface area contributed by atoms with Crippen molar-refractivity contribution in [2.75, 3.05) is 10.8 Å². The van der Waals surface area contributed by atoms with E-state index in [4.69, 9.17) is 0 Å². The second-order valence-corrected chi connectivity index (χ2v) is 8.57. The fourth-order valence-electron chi connectivity index (χ4n) is 2.77. The second-order valence-electron chi connectivity index (χ2n) is 5.45. The Kier molecular flexibility index (Phi) is 3.62. The number of benzene rings is 2. The quantitative estimate of drug-likeness (QED) is 0.716. The highest BCUT2D eigenvalue weighted by atomic mass is 32.2. The van der Waals surface area contributed by atoms with Crippen LogP contribution in [0.2, 0.25) is 0 Å². The smallest absolute Gasteiger partial charge is 0.265 e. The van der Waals surface area contributed by atoms with E-state index in [2.05, 4.69) is 4.98 Å². The lowest BCUT2D eigenvalue weighted by molar-refractivity contribution is 0.594. The first-order valence-corrected chi connectivity index (χ1v) is 9.64. The average molecular weight is 360 g/mol. The summed E-state index contributed by atoms with van der Waals surface area (Å²) < 4.78 is 40.5. The highest BCUT2D eigenvalue weighted by Gasteiger charge is 2.32. The Morgan fingerprint density at radius 3 is 2.62 bits per heavy atom. The number of sulfonamides is 1. The van der Waals surface area contributed by atoms with Gasteiger partial charge in [0, 0.05) is 12.1 Å². The first-order valence-electron chi connectivity index (χ1n) is 7.38. The zero-order valence-corrected chi connectivity index (χ0v) is 14.1. The zero-order valence-electron chi connectivity index (χ0n) is 12.5. The van der Waals surface area contributed by atoms with E-state index in [1.54, 1.807) is 12.1 Å². The van der Waals surface area contributed by atoms with Crippen LogP contribution < -0.4 is 4.31 Å². The van der Waals surface area contributed by atoms with Crippen LogP contribution in [0.5, 0.6) is 0 Å². The summed E-state index contributed by atoms with van der Waals surface area (Å²) in [4.78, 5) is 4.20. The average Bonchev–Trinajstić information content (AvgIpc) is 3.23. The van der Waals surface area contributed by atoms with Crippen LogP contribution in [0.25, 0.3) is 10.6 Å². The predicted octanol–water partition coefficient (Wildman–Crippen LogP) is 3.70. The van der Waals surface area contributed by atoms with E-state index in [9.17, 15) is 12.8 Å². The Bertz CT molecular complexity index is 997. The third kappa shape index (κ3) is 2.50. The molecule has 2 heterocycles. The number of para-hydroxylation sites is 1. The zero-order chi connectivity index (χ0) is 16.7. The van der Waals surface area contributed by atoms with Crippen LogP contribution in [-0.4, -0.2) is 19.9 Å². The molecule has 1 aliphatic heterocycles. The maximum absolute atomic E-state index is 13.0. The SMILES string of the molecule is O=S(=O)(c1cnc(-c2ccc(F)cc2)s1)N1CCc2ccccc21. The van der Waals surface area contributed by atoms with Gasteiger partial charge in [-0.2, -0.15) is 0 Å². The Balaban J connectivity index is 1.70. The van der Waals surface area contributed by atoms with Crippen molar-refractivity contribution in [2.45, 2.75) is 10.6 Å². The summed E-state index contributed by atoms with van der Waals surface area (Å²) in [6.07, 6.45) is 2.08. The summed E-state index contributed by atoms with van der Waals surface area (Å²) in [5, 5.41) is 0.557. The number of aromatic nitrogens is 1. The molecule has 2 aromatic carbocycles. The van der Waals surface area contributed by atoms with Gasteiger partial charge in [-0.1, -0.05) is 18.2 Å². The van der Waals surface area contributed by atoms with Gasteiger partial charge in [-0.05, 0) is 42.3 Å². The summed E-state index contributed by atoms with van der Waals surface area (Å²) in [5.74, 6) is -0.336. The first-order chi connectivity index (χ1) is 11.6. The van der Waals surface area contributed by atoms with Crippen molar-refractivity contribution in [1.82, 2.24) is 4.98 Å². The van der Waals surface area contributed by atoms with E-state index in [1.807, 2.05) is 24.3 Å². The molecule has 0 atom stereocenters. The number of halogens is 1. The fourth-order valence-corrected chi connectivity index (χ4v) is 5.53. The number of nitrogens with zero attached hydrogens (tertiary/aromatic N) is 2. The molecule has 0 saturated heterocycles. The van der Waals surface area contributed by atoms with Gasteiger partial charge in [-0.15, -0.1) is 11.3 Å². The molecule has 4 rings (SSSR count). The summed E-state index contributed by atoms with van der Waals surface area (Å²) in [6.45, 7) is 0.436. The Hall–Kier alpha value is -2.25. The van der Waals surface area contributed by atoms with Crippen molar-refractivity contribution in [3.8, 4) is 10.6 Å². The molecule has 0 N–H and O–H groups in total. The van der Waals surface area contributed by atoms with Gasteiger partial charge in [-0.3, -0.25) is 4.31 Å². The van der Waals surface area contributed by atoms with Gasteiger partial charge in [-0.25, -0.2) is 17.8 Å². The molecule has 0 fully saturated rings. The highest BCUT2D eigenvalue weighted by molar-refractivity contribution is 7.94. The summed E-state index contributed by atoms with van der Waals surface area (Å²) >= 11 is 1.10. The molecule has 1 aliphatic rings. The van der Waals surface area contributed by atoms with E-state index >= 15 is 0 Å². The molecule has 0 radical (unpaired) electrons. The molecule has 0 unspecified atom stereocenters. The molecule has 0 saturated carbocycles. The molecule has 4 nitrogen and oxygen atoms in total. The second kappa shape index (κ2) is 5.68. The summed E-state index contributed by atoms with van der Waals surface area (Å²) in [6, 6.07) is 13.4. The van der Waals surface area contributed by atoms with Gasteiger partial charge in [0.1, 0.15) is 10.8 Å². The Morgan fingerprint density at radius 1 is 1.08 bits per heavy atom. The molecule has 122 valence electrons. The third-order valence-electron chi connectivity index (χ3n) is 3.96. The maximum Gasteiger partial charge on any atom is 0.275 e. The van der Waals surface area contributed by atoms with Crippen molar-refractivity contribution in [3.05, 3.63) is 66.1 Å². The molecular weight excluding hydrogens is 347 g/mol. The van der Waals surface area contributed by atoms with Gasteiger partial charge in [0.25, 0.3) is 10.0 Å². The van der Waals surface area contributed by atoms with Crippen LogP contribution in [0.4, 0.5) is 10.1 Å². The normalized spacial score (nSPS) is 14.0. The minimum absolute atomic E-state index is 0.193. The van der Waals surface area contributed by atoms with Gasteiger partial charge < -0.3 is 0 Å². The van der Waals surface area contributed by atoms with Crippen LogP contribution in [0.1, 0.15) is 5.56 Å². The predicted molar refractivity (Wildman–Crippen MR) is 92.2 cm³/mol. The van der Waals surface area contributed by atoms with Crippen LogP contribution in [0.3, 0.4) is 0 Å². The van der Waals surface area contributed by atoms with Gasteiger partial charge in [0.2, 0.25) is 0 Å². The number of rotatable bonds is 3. The lowest BCUT2D eigenvalue weighted by Crippen LogP contribution is -2.28. The van der Waals surface area contributed by atoms with Crippen molar-refractivity contribution in [1.29, 1.82) is 0 Å². The van der Waals surface area contributed by atoms with E-state index < -0.39 is 10.0 Å². The molecule has 3 aromatic rings. The molecule has 0 aliphatic carbocycles. The van der Waals surface area contributed by atoms with Crippen LogP contribution in [0.15, 0.2) is 58.9 Å². The number of hydrogen-bond donors (Lipinski definition) is 0. The monoisotopic (exact) mass is 360 g/mol. The molecule has 1 aromatic heterocycles. The Morgan fingerprint density at radius 2 is 1.83 bits per heavy atom. The van der Waals surface area contributed by atoms with Crippen LogP contribution in [0, 0.1) is 5.82 Å². The molecule has 0 amide bonds. The first kappa shape index (κ1) is 15.3. The summed E-state index contributed by atoms with van der Waals surface area (Å²) in [5.41, 5.74) is 2.46. The van der Waals surface area contributed by atoms with Crippen LogP contribution in [-0.2, 0) is 16.4 Å². The van der Waals surface area contributed by atoms with E-state index in [0.717, 1.165) is 22.6 Å². The number of fused-ring (bicyclic) bond motifs is 1. The van der Waals surface area contributed by atoms with Crippen molar-refractivity contribution in [3.63, 3.8) is 0 Å². The van der Waals surface area contributed by atoms with Gasteiger partial charge in [0.15, 0.2) is 4.21 Å². The van der Waals surface area contributed by atoms with E-state index in [1.165, 1.54) is 22.6 Å². The number of hydrogen-bond acceptors (Lipinski definition) is 4. The molecule has 24 heavy (non-hydrogen) atoms. The van der Waals surface area contributed by atoms with E-state index in [0.29, 0.717) is 23.5 Å². The minimum atomic E-state index is -3.63. The van der Waals surface area contributed by atoms with Crippen molar-refractivity contribution < 1.29 is 12.8 Å². The standard InChI is InChI=1S/C17H13FN2O2S2/c18-14-7-5-13(6-8-14)17-19-11-16(23-17)24(21,22)20-10-9-12-3-1-2-4-15(12)20/h1-8,11H,9-10H2. The van der Waals surface area contributed by atoms with Crippen LogP contribution >= 0.6 is 11.3 Å². The lowest BCUT2D eigenvalue weighted by Gasteiger charge is -2.17. The Labute approximate surface area is 143 Å². The molecule has 7 heteroatoms. The minimum Gasteiger partial charge on any atom is -0.265 e. The summed E-state index contributed by atoms with van der Waals surface area (Å²) in [7, 11) is -3.63. The van der Waals surface area contributed by atoms with E-state index in [-0.39, 0.29) is 10.0 Å². The number of thiazole rings is 1. The van der Waals surface area contributed by atoms with Gasteiger partial charge >= 0.3 is 0 Å². The van der Waals surface area contributed by atoms with Crippen molar-refractivity contribution >= 4 is 27.0 Å². The molecule has 0 bridgehead atoms. The maximum atomic E-state index is 13.0. The molecular formula is C17H13FN2O2S2. The highest BCUT2D eigenvalue weighted by Crippen LogP contribution is 2.36. The molecule has 0 spiro atoms. The fraction of sp³-hybridized carbons (Fsp3) is 0.118. The van der Waals surface area contributed by atoms with Gasteiger partial charge in [0.05, 0.1) is 11.9 Å². The van der Waals surface area contributed by atoms with Crippen molar-refractivity contribution in [2.24, 2.45) is 0 Å². The lowest BCUT2D eigenvalue weighted by atomic mass is 10.2. The number of anilines is 1. The largest absolute Gasteiger partial charge is 0.275 e. The third-order valence-corrected chi connectivity index (χ3v) is 7.26.